The summed E-state index contributed by atoms with van der Waals surface area (Å²) in [7, 11) is 0. The quantitative estimate of drug-likeness (QED) is 0.754. The molecule has 1 aliphatic rings. The van der Waals surface area contributed by atoms with Crippen LogP contribution in [0.2, 0.25) is 0 Å². The molecule has 0 atom stereocenters. The van der Waals surface area contributed by atoms with Crippen LogP contribution in [0.3, 0.4) is 0 Å². The predicted molar refractivity (Wildman–Crippen MR) is 65.1 cm³/mol. The van der Waals surface area contributed by atoms with Gasteiger partial charge in [-0.15, -0.1) is 0 Å². The minimum atomic E-state index is -0.384. The van der Waals surface area contributed by atoms with Gasteiger partial charge in [-0.3, -0.25) is 4.79 Å². The van der Waals surface area contributed by atoms with Crippen molar-refractivity contribution in [2.75, 3.05) is 0 Å². The maximum absolute atomic E-state index is 11.6. The molecule has 1 fully saturated rings. The predicted octanol–water partition coefficient (Wildman–Crippen LogP) is 2.77. The fraction of sp³-hybridized carbons (Fsp3) is 0.923. The van der Waals surface area contributed by atoms with Crippen LogP contribution in [0.4, 0.5) is 0 Å². The first-order chi connectivity index (χ1) is 7.31. The van der Waals surface area contributed by atoms with Crippen molar-refractivity contribution in [3.05, 3.63) is 0 Å². The summed E-state index contributed by atoms with van der Waals surface area (Å²) in [5, 5.41) is 0. The highest BCUT2D eigenvalue weighted by atomic mass is 16.6. The summed E-state index contributed by atoms with van der Waals surface area (Å²) in [5.41, 5.74) is 5.76. The van der Waals surface area contributed by atoms with Gasteiger partial charge in [0.1, 0.15) is 5.60 Å². The van der Waals surface area contributed by atoms with Gasteiger partial charge in [-0.1, -0.05) is 19.3 Å². The minimum Gasteiger partial charge on any atom is -0.460 e. The number of hydrogen-bond donors (Lipinski definition) is 1. The lowest BCUT2D eigenvalue weighted by atomic mass is 9.79. The molecule has 94 valence electrons. The van der Waals surface area contributed by atoms with Crippen LogP contribution in [-0.2, 0) is 9.53 Å². The van der Waals surface area contributed by atoms with Crippen LogP contribution < -0.4 is 5.73 Å². The fourth-order valence-corrected chi connectivity index (χ4v) is 2.25. The molecular formula is C13H25NO2. The Bertz CT molecular complexity index is 237. The van der Waals surface area contributed by atoms with Crippen molar-refractivity contribution in [3.8, 4) is 0 Å². The smallest absolute Gasteiger partial charge is 0.306 e. The molecule has 0 radical (unpaired) electrons. The summed E-state index contributed by atoms with van der Waals surface area (Å²) < 4.78 is 5.28. The number of esters is 1. The number of carbonyl (C=O) groups excluding carboxylic acids is 1. The third-order valence-corrected chi connectivity index (χ3v) is 3.10. The molecule has 16 heavy (non-hydrogen) atoms. The number of carbonyl (C=O) groups is 1. The van der Waals surface area contributed by atoms with Gasteiger partial charge in [-0.05, 0) is 40.0 Å². The van der Waals surface area contributed by atoms with Gasteiger partial charge in [0.05, 0.1) is 0 Å². The number of ether oxygens (including phenoxy) is 1. The highest BCUT2D eigenvalue weighted by Gasteiger charge is 2.28. The second-order valence-electron chi connectivity index (χ2n) is 6.01. The zero-order chi connectivity index (χ0) is 12.2. The second-order valence-corrected chi connectivity index (χ2v) is 6.01. The van der Waals surface area contributed by atoms with Crippen molar-refractivity contribution in [2.24, 2.45) is 5.73 Å². The molecule has 3 heteroatoms. The molecule has 3 nitrogen and oxygen atoms in total. The molecule has 0 aromatic rings. The summed E-state index contributed by atoms with van der Waals surface area (Å²) in [5.74, 6) is -0.122. The van der Waals surface area contributed by atoms with E-state index in [4.69, 9.17) is 10.5 Å². The Morgan fingerprint density at radius 3 is 2.31 bits per heavy atom. The zero-order valence-electron chi connectivity index (χ0n) is 10.8. The fourth-order valence-electron chi connectivity index (χ4n) is 2.25. The molecule has 1 rings (SSSR count). The molecule has 0 unspecified atom stereocenters. The van der Waals surface area contributed by atoms with Crippen molar-refractivity contribution < 1.29 is 9.53 Å². The molecule has 0 aromatic carbocycles. The topological polar surface area (TPSA) is 52.3 Å². The van der Waals surface area contributed by atoms with Crippen LogP contribution in [0.15, 0.2) is 0 Å². The van der Waals surface area contributed by atoms with E-state index in [0.29, 0.717) is 6.42 Å². The van der Waals surface area contributed by atoms with Gasteiger partial charge in [0.2, 0.25) is 0 Å². The summed E-state index contributed by atoms with van der Waals surface area (Å²) in [4.78, 5) is 11.6. The minimum absolute atomic E-state index is 0.116. The Morgan fingerprint density at radius 2 is 1.81 bits per heavy atom. The van der Waals surface area contributed by atoms with Crippen LogP contribution in [0.5, 0.6) is 0 Å². The molecule has 0 bridgehead atoms. The third-order valence-electron chi connectivity index (χ3n) is 3.10. The first-order valence-corrected chi connectivity index (χ1v) is 6.32. The molecular weight excluding hydrogens is 202 g/mol. The second kappa shape index (κ2) is 5.17. The van der Waals surface area contributed by atoms with Crippen molar-refractivity contribution in [3.63, 3.8) is 0 Å². The van der Waals surface area contributed by atoms with Crippen LogP contribution in [0, 0.1) is 0 Å². The number of hydrogen-bond acceptors (Lipinski definition) is 3. The number of nitrogens with two attached hydrogens (primary N) is 1. The Balaban J connectivity index is 2.30. The molecule has 0 heterocycles. The molecule has 1 aliphatic carbocycles. The van der Waals surface area contributed by atoms with E-state index in [2.05, 4.69) is 0 Å². The third kappa shape index (κ3) is 4.97. The Kier molecular flexibility index (Phi) is 4.36. The lowest BCUT2D eigenvalue weighted by Gasteiger charge is -2.33. The van der Waals surface area contributed by atoms with Gasteiger partial charge in [0.25, 0.3) is 0 Å². The van der Waals surface area contributed by atoms with E-state index in [9.17, 15) is 4.79 Å². The zero-order valence-corrected chi connectivity index (χ0v) is 10.8. The molecule has 0 saturated heterocycles. The molecule has 0 aliphatic heterocycles. The van der Waals surface area contributed by atoms with Gasteiger partial charge in [0.15, 0.2) is 0 Å². The Labute approximate surface area is 98.7 Å². The highest BCUT2D eigenvalue weighted by molar-refractivity contribution is 5.69. The molecule has 0 spiro atoms. The van der Waals surface area contributed by atoms with E-state index < -0.39 is 0 Å². The summed E-state index contributed by atoms with van der Waals surface area (Å²) >= 11 is 0. The monoisotopic (exact) mass is 227 g/mol. The molecule has 1 saturated carbocycles. The van der Waals surface area contributed by atoms with E-state index in [1.807, 2.05) is 20.8 Å². The normalized spacial score (nSPS) is 20.5. The van der Waals surface area contributed by atoms with E-state index in [1.54, 1.807) is 0 Å². The summed E-state index contributed by atoms with van der Waals surface area (Å²) in [6.07, 6.45) is 7.00. The van der Waals surface area contributed by atoms with Gasteiger partial charge in [-0.2, -0.15) is 0 Å². The lowest BCUT2D eigenvalue weighted by molar-refractivity contribution is -0.155. The first-order valence-electron chi connectivity index (χ1n) is 6.32. The van der Waals surface area contributed by atoms with Crippen molar-refractivity contribution in [1.29, 1.82) is 0 Å². The van der Waals surface area contributed by atoms with E-state index >= 15 is 0 Å². The van der Waals surface area contributed by atoms with Crippen LogP contribution in [0.1, 0.15) is 65.7 Å². The van der Waals surface area contributed by atoms with Gasteiger partial charge in [0, 0.05) is 12.0 Å². The maximum Gasteiger partial charge on any atom is 0.306 e. The van der Waals surface area contributed by atoms with Crippen LogP contribution in [0.25, 0.3) is 0 Å². The SMILES string of the molecule is CC(C)(C)OC(=O)CCC1(N)CCCCC1. The highest BCUT2D eigenvalue weighted by Crippen LogP contribution is 2.29. The van der Waals surface area contributed by atoms with Crippen molar-refractivity contribution in [2.45, 2.75) is 76.9 Å². The van der Waals surface area contributed by atoms with E-state index in [1.165, 1.54) is 19.3 Å². The average Bonchev–Trinajstić information content (AvgIpc) is 2.14. The maximum atomic E-state index is 11.6. The largest absolute Gasteiger partial charge is 0.460 e. The van der Waals surface area contributed by atoms with Crippen LogP contribution >= 0.6 is 0 Å². The first kappa shape index (κ1) is 13.5. The van der Waals surface area contributed by atoms with E-state index in [0.717, 1.165) is 19.3 Å². The van der Waals surface area contributed by atoms with Crippen molar-refractivity contribution in [1.82, 2.24) is 0 Å². The number of rotatable bonds is 3. The van der Waals surface area contributed by atoms with E-state index in [-0.39, 0.29) is 17.1 Å². The van der Waals surface area contributed by atoms with Gasteiger partial charge < -0.3 is 10.5 Å². The summed E-state index contributed by atoms with van der Waals surface area (Å²) in [6.45, 7) is 5.68. The molecule has 0 aromatic heterocycles. The Morgan fingerprint density at radius 1 is 1.25 bits per heavy atom. The Hall–Kier alpha value is -0.570. The summed E-state index contributed by atoms with van der Waals surface area (Å²) in [6, 6.07) is 0. The molecule has 2 N–H and O–H groups in total. The molecule has 0 amide bonds. The lowest BCUT2D eigenvalue weighted by Crippen LogP contribution is -2.42. The van der Waals surface area contributed by atoms with Crippen LogP contribution in [-0.4, -0.2) is 17.1 Å². The van der Waals surface area contributed by atoms with Gasteiger partial charge >= 0.3 is 5.97 Å². The average molecular weight is 227 g/mol. The standard InChI is InChI=1S/C13H25NO2/c1-12(2,3)16-11(15)7-10-13(14)8-5-4-6-9-13/h4-10,14H2,1-3H3. The van der Waals surface area contributed by atoms with Gasteiger partial charge in [-0.25, -0.2) is 0 Å². The van der Waals surface area contributed by atoms with Crippen molar-refractivity contribution >= 4 is 5.97 Å².